The number of Topliss-reactive ketones (excluding diaryl/α,β-unsaturated/α-hetero) is 4. The summed E-state index contributed by atoms with van der Waals surface area (Å²) in [7, 11) is 0. The number of carboxylic acids is 1. The minimum Gasteiger partial charge on any atom is -0.481 e. The molecule has 1 amide bonds. The Balaban J connectivity index is 3.47. The van der Waals surface area contributed by atoms with Gasteiger partial charge in [-0.25, -0.2) is 0 Å². The molecular weight excluding hydrogens is 578 g/mol. The second-order valence-electron chi connectivity index (χ2n) is 12.1. The maximum absolute atomic E-state index is 12.1. The van der Waals surface area contributed by atoms with E-state index < -0.39 is 11.9 Å². The zero-order valence-corrected chi connectivity index (χ0v) is 28.2. The Bertz CT molecular complexity index is 843. The largest absolute Gasteiger partial charge is 0.481 e. The fourth-order valence-electron chi connectivity index (χ4n) is 4.99. The van der Waals surface area contributed by atoms with Gasteiger partial charge in [-0.2, -0.15) is 0 Å². The molecule has 0 heterocycles. The first kappa shape index (κ1) is 42.5. The van der Waals surface area contributed by atoms with E-state index in [1.54, 1.807) is 0 Å². The first-order chi connectivity index (χ1) is 21.6. The molecule has 0 saturated carbocycles. The number of hydrogen-bond acceptors (Lipinski definition) is 8. The Morgan fingerprint density at radius 2 is 1.07 bits per heavy atom. The van der Waals surface area contributed by atoms with Crippen LogP contribution in [-0.4, -0.2) is 73.1 Å². The molecule has 0 aliphatic heterocycles. The number of amides is 1. The third-order valence-corrected chi connectivity index (χ3v) is 7.81. The average molecular weight is 640 g/mol. The van der Waals surface area contributed by atoms with Crippen LogP contribution in [0.4, 0.5) is 0 Å². The maximum atomic E-state index is 12.1. The van der Waals surface area contributed by atoms with Crippen molar-refractivity contribution < 1.29 is 43.3 Å². The van der Waals surface area contributed by atoms with Gasteiger partial charge >= 0.3 is 5.97 Å². The number of nitrogens with one attached hydrogen (secondary N) is 1. The van der Waals surface area contributed by atoms with E-state index in [9.17, 15) is 28.8 Å². The quantitative estimate of drug-likeness (QED) is 0.0767. The molecule has 260 valence electrons. The fraction of sp³-hybridized carbons (Fsp3) is 0.829. The van der Waals surface area contributed by atoms with Gasteiger partial charge in [-0.3, -0.25) is 24.0 Å². The second kappa shape index (κ2) is 30.2. The van der Waals surface area contributed by atoms with Crippen molar-refractivity contribution in [3.63, 3.8) is 0 Å². The molecule has 2 N–H and O–H groups in total. The van der Waals surface area contributed by atoms with Crippen molar-refractivity contribution in [1.29, 1.82) is 0 Å². The lowest BCUT2D eigenvalue weighted by Crippen LogP contribution is -2.28. The smallest absolute Gasteiger partial charge is 0.303 e. The molecule has 0 rings (SSSR count). The molecule has 10 heteroatoms. The molecule has 0 aliphatic rings. The van der Waals surface area contributed by atoms with E-state index in [-0.39, 0.29) is 55.4 Å². The van der Waals surface area contributed by atoms with E-state index in [2.05, 4.69) is 5.32 Å². The molecule has 0 unspecified atom stereocenters. The van der Waals surface area contributed by atoms with Gasteiger partial charge in [0.2, 0.25) is 5.91 Å². The Morgan fingerprint density at radius 1 is 0.556 bits per heavy atom. The van der Waals surface area contributed by atoms with E-state index >= 15 is 0 Å². The lowest BCUT2D eigenvalue weighted by atomic mass is 9.91. The molecule has 0 radical (unpaired) electrons. The first-order valence-corrected chi connectivity index (χ1v) is 17.3. The van der Waals surface area contributed by atoms with Crippen LogP contribution in [0.3, 0.4) is 0 Å². The lowest BCUT2D eigenvalue weighted by Gasteiger charge is -2.12. The highest BCUT2D eigenvalue weighted by molar-refractivity contribution is 5.89. The highest BCUT2D eigenvalue weighted by atomic mass is 16.5. The van der Waals surface area contributed by atoms with Crippen LogP contribution in [0.1, 0.15) is 149 Å². The van der Waals surface area contributed by atoms with Crippen LogP contribution >= 0.6 is 0 Å². The molecule has 0 aromatic heterocycles. The van der Waals surface area contributed by atoms with Crippen LogP contribution in [0.5, 0.6) is 0 Å². The average Bonchev–Trinajstić information content (AvgIpc) is 2.98. The zero-order chi connectivity index (χ0) is 33.5. The number of carbonyl (C=O) groups excluding carboxylic acids is 5. The summed E-state index contributed by atoms with van der Waals surface area (Å²) in [5.74, 6) is -1.39. The minimum absolute atomic E-state index is 0.0128. The van der Waals surface area contributed by atoms with Crippen molar-refractivity contribution in [3.8, 4) is 0 Å². The monoisotopic (exact) mass is 639 g/mol. The number of ether oxygens (including phenoxy) is 2. The maximum Gasteiger partial charge on any atom is 0.303 e. The number of carbonyl (C=O) groups is 6. The van der Waals surface area contributed by atoms with Gasteiger partial charge in [-0.15, -0.1) is 0 Å². The van der Waals surface area contributed by atoms with Gasteiger partial charge < -0.3 is 24.7 Å². The number of hydrogen-bond donors (Lipinski definition) is 2. The second-order valence-corrected chi connectivity index (χ2v) is 12.1. The van der Waals surface area contributed by atoms with Crippen molar-refractivity contribution in [2.45, 2.75) is 149 Å². The third kappa shape index (κ3) is 31.3. The van der Waals surface area contributed by atoms with Gasteiger partial charge in [0.05, 0.1) is 19.8 Å². The van der Waals surface area contributed by atoms with Crippen LogP contribution < -0.4 is 5.32 Å². The van der Waals surface area contributed by atoms with Crippen molar-refractivity contribution in [2.24, 2.45) is 5.92 Å². The normalized spacial score (nSPS) is 11.7. The third-order valence-electron chi connectivity index (χ3n) is 7.81. The molecule has 10 nitrogen and oxygen atoms in total. The van der Waals surface area contributed by atoms with Gasteiger partial charge in [0.1, 0.15) is 23.1 Å². The molecule has 1 atom stereocenters. The summed E-state index contributed by atoms with van der Waals surface area (Å²) in [6, 6.07) is 0. The molecule has 0 bridgehead atoms. The Morgan fingerprint density at radius 3 is 1.60 bits per heavy atom. The first-order valence-electron chi connectivity index (χ1n) is 17.3. The van der Waals surface area contributed by atoms with Crippen LogP contribution in [0, 0.1) is 5.92 Å². The van der Waals surface area contributed by atoms with Crippen LogP contribution in [0.25, 0.3) is 0 Å². The van der Waals surface area contributed by atoms with Crippen LogP contribution in [-0.2, 0) is 38.2 Å². The van der Waals surface area contributed by atoms with E-state index in [4.69, 9.17) is 14.6 Å². The summed E-state index contributed by atoms with van der Waals surface area (Å²) in [5, 5.41) is 11.3. The van der Waals surface area contributed by atoms with Crippen molar-refractivity contribution in [2.75, 3.05) is 33.0 Å². The summed E-state index contributed by atoms with van der Waals surface area (Å²) in [6.45, 7) is 4.87. The molecule has 0 fully saturated rings. The molecule has 0 saturated heterocycles. The van der Waals surface area contributed by atoms with Gasteiger partial charge in [-0.05, 0) is 39.5 Å². The van der Waals surface area contributed by atoms with Gasteiger partial charge in [0.25, 0.3) is 0 Å². The Labute approximate surface area is 271 Å². The summed E-state index contributed by atoms with van der Waals surface area (Å²) in [5.41, 5.74) is 0. The summed E-state index contributed by atoms with van der Waals surface area (Å²) in [6.07, 6.45) is 16.6. The Hall–Kier alpha value is -2.46. The highest BCUT2D eigenvalue weighted by Gasteiger charge is 2.19. The van der Waals surface area contributed by atoms with E-state index in [0.717, 1.165) is 32.1 Å². The van der Waals surface area contributed by atoms with Crippen LogP contribution in [0.2, 0.25) is 0 Å². The van der Waals surface area contributed by atoms with Gasteiger partial charge in [0.15, 0.2) is 0 Å². The fourth-order valence-corrected chi connectivity index (χ4v) is 4.99. The van der Waals surface area contributed by atoms with E-state index in [1.807, 2.05) is 0 Å². The Kier molecular flexibility index (Phi) is 28.6. The van der Waals surface area contributed by atoms with Crippen LogP contribution in [0.15, 0.2) is 0 Å². The molecule has 45 heavy (non-hydrogen) atoms. The van der Waals surface area contributed by atoms with Crippen molar-refractivity contribution >= 4 is 35.0 Å². The zero-order valence-electron chi connectivity index (χ0n) is 28.2. The summed E-state index contributed by atoms with van der Waals surface area (Å²) < 4.78 is 11.0. The number of aliphatic carboxylic acids is 1. The summed E-state index contributed by atoms with van der Waals surface area (Å²) >= 11 is 0. The molecule has 0 aromatic carbocycles. The molecular formula is C35H61NO9. The molecule has 0 aromatic rings. The van der Waals surface area contributed by atoms with E-state index in [0.29, 0.717) is 64.4 Å². The topological polar surface area (TPSA) is 153 Å². The van der Waals surface area contributed by atoms with E-state index in [1.165, 1.54) is 58.8 Å². The summed E-state index contributed by atoms with van der Waals surface area (Å²) in [4.78, 5) is 69.4. The highest BCUT2D eigenvalue weighted by Crippen LogP contribution is 2.16. The number of ketones is 4. The number of unbranched alkanes of at least 4 members (excludes halogenated alkanes) is 11. The predicted octanol–water partition coefficient (Wildman–Crippen LogP) is 6.34. The number of carboxylic acid groups (broad SMARTS) is 1. The van der Waals surface area contributed by atoms with Gasteiger partial charge in [0, 0.05) is 64.0 Å². The predicted molar refractivity (Wildman–Crippen MR) is 174 cm³/mol. The lowest BCUT2D eigenvalue weighted by molar-refractivity contribution is -0.137. The molecule has 0 aliphatic carbocycles. The van der Waals surface area contributed by atoms with Gasteiger partial charge in [-0.1, -0.05) is 64.2 Å². The standard InChI is InChI=1S/C35H61NO9/c1-29(37)19-20-31(30(2)38)28-33(40)21-22-34(41)36-23-25-45-27-26-44-24-15-17-32(39)16-13-11-9-7-5-3-4-6-8-10-12-14-18-35(42)43/h31H,3-28H2,1-2H3,(H,36,41)(H,42,43)/t31-/m1/s1. The molecule has 0 spiro atoms. The SMILES string of the molecule is CC(=O)CC[C@H](CC(=O)CCC(=O)NCCOCCOCCCC(=O)CCCCCCCCCCCCCCC(=O)O)C(C)=O. The number of rotatable bonds is 34. The van der Waals surface area contributed by atoms with Crippen molar-refractivity contribution in [3.05, 3.63) is 0 Å². The van der Waals surface area contributed by atoms with Crippen molar-refractivity contribution in [1.82, 2.24) is 5.32 Å². The minimum atomic E-state index is -0.699.